The molecule has 0 N–H and O–H groups in total. The fraction of sp³-hybridized carbons (Fsp3) is 0.643. The van der Waals surface area contributed by atoms with Crippen LogP contribution in [0.5, 0.6) is 0 Å². The van der Waals surface area contributed by atoms with Crippen LogP contribution >= 0.6 is 11.8 Å². The minimum atomic E-state index is 0.235. The number of pyridine rings is 1. The van der Waals surface area contributed by atoms with Gasteiger partial charge in [-0.2, -0.15) is 0 Å². The van der Waals surface area contributed by atoms with Crippen molar-refractivity contribution >= 4 is 11.8 Å². The van der Waals surface area contributed by atoms with E-state index in [1.807, 2.05) is 11.8 Å². The molecule has 2 nitrogen and oxygen atoms in total. The van der Waals surface area contributed by atoms with E-state index in [0.717, 1.165) is 5.03 Å². The van der Waals surface area contributed by atoms with Crippen molar-refractivity contribution in [3.63, 3.8) is 0 Å². The van der Waals surface area contributed by atoms with Crippen molar-refractivity contribution in [2.45, 2.75) is 49.4 Å². The predicted molar refractivity (Wildman–Crippen MR) is 74.5 cm³/mol. The Morgan fingerprint density at radius 3 is 2.59 bits per heavy atom. The first-order valence-electron chi connectivity index (χ1n) is 6.31. The highest BCUT2D eigenvalue weighted by Crippen LogP contribution is 2.33. The van der Waals surface area contributed by atoms with Gasteiger partial charge in [0.25, 0.3) is 0 Å². The summed E-state index contributed by atoms with van der Waals surface area (Å²) in [5.74, 6) is 0. The maximum absolute atomic E-state index is 4.58. The number of likely N-dealkylation sites (tertiary alicyclic amines) is 1. The second kappa shape index (κ2) is 4.99. The van der Waals surface area contributed by atoms with Crippen molar-refractivity contribution in [2.75, 3.05) is 13.6 Å². The molecule has 2 rings (SSSR count). The largest absolute Gasteiger partial charge is 0.299 e. The zero-order valence-corrected chi connectivity index (χ0v) is 12.0. The van der Waals surface area contributed by atoms with E-state index in [9.17, 15) is 0 Å². The molecule has 0 amide bonds. The molecular formula is C14H22N2S. The first kappa shape index (κ1) is 12.9. The van der Waals surface area contributed by atoms with E-state index < -0.39 is 0 Å². The van der Waals surface area contributed by atoms with Crippen LogP contribution in [0.25, 0.3) is 0 Å². The first-order chi connectivity index (χ1) is 7.96. The molecule has 1 unspecified atom stereocenters. The van der Waals surface area contributed by atoms with Gasteiger partial charge in [0.05, 0.1) is 5.03 Å². The van der Waals surface area contributed by atoms with Crippen LogP contribution in [0.2, 0.25) is 0 Å². The molecule has 1 aliphatic heterocycles. The predicted octanol–water partition coefficient (Wildman–Crippen LogP) is 3.74. The van der Waals surface area contributed by atoms with E-state index in [-0.39, 0.29) is 4.75 Å². The molecule has 0 aromatic carbocycles. The summed E-state index contributed by atoms with van der Waals surface area (Å²) >= 11 is 1.83. The molecule has 1 atom stereocenters. The molecule has 0 radical (unpaired) electrons. The van der Waals surface area contributed by atoms with Gasteiger partial charge in [0.15, 0.2) is 0 Å². The molecule has 0 bridgehead atoms. The topological polar surface area (TPSA) is 16.1 Å². The minimum absolute atomic E-state index is 0.235. The fourth-order valence-corrected chi connectivity index (χ4v) is 3.16. The van der Waals surface area contributed by atoms with Gasteiger partial charge in [0.2, 0.25) is 0 Å². The first-order valence-corrected chi connectivity index (χ1v) is 7.12. The summed E-state index contributed by atoms with van der Waals surface area (Å²) in [5.41, 5.74) is 1.36. The van der Waals surface area contributed by atoms with E-state index >= 15 is 0 Å². The zero-order valence-electron chi connectivity index (χ0n) is 11.2. The third kappa shape index (κ3) is 3.46. The Bertz CT molecular complexity index is 367. The monoisotopic (exact) mass is 250 g/mol. The summed E-state index contributed by atoms with van der Waals surface area (Å²) in [5, 5.41) is 1.13. The zero-order chi connectivity index (χ0) is 12.5. The molecule has 1 aromatic rings. The summed E-state index contributed by atoms with van der Waals surface area (Å²) in [6.07, 6.45) is 4.63. The van der Waals surface area contributed by atoms with Crippen LogP contribution in [0, 0.1) is 0 Å². The van der Waals surface area contributed by atoms with Gasteiger partial charge in [0.1, 0.15) is 0 Å². The Balaban J connectivity index is 2.07. The van der Waals surface area contributed by atoms with Crippen molar-refractivity contribution in [1.29, 1.82) is 0 Å². The van der Waals surface area contributed by atoms with E-state index in [1.165, 1.54) is 24.9 Å². The van der Waals surface area contributed by atoms with Crippen LogP contribution in [-0.4, -0.2) is 28.2 Å². The van der Waals surface area contributed by atoms with Crippen LogP contribution < -0.4 is 0 Å². The molecule has 1 aromatic heterocycles. The highest BCUT2D eigenvalue weighted by molar-refractivity contribution is 8.00. The highest BCUT2D eigenvalue weighted by Gasteiger charge is 2.22. The van der Waals surface area contributed by atoms with Gasteiger partial charge >= 0.3 is 0 Å². The lowest BCUT2D eigenvalue weighted by molar-refractivity contribution is 0.317. The van der Waals surface area contributed by atoms with Gasteiger partial charge < -0.3 is 0 Å². The number of hydrogen-bond acceptors (Lipinski definition) is 3. The molecule has 2 heterocycles. The summed E-state index contributed by atoms with van der Waals surface area (Å²) < 4.78 is 0.235. The second-order valence-electron chi connectivity index (χ2n) is 5.78. The average Bonchev–Trinajstić information content (AvgIpc) is 2.63. The van der Waals surface area contributed by atoms with Gasteiger partial charge in [-0.1, -0.05) is 26.8 Å². The van der Waals surface area contributed by atoms with Crippen molar-refractivity contribution in [1.82, 2.24) is 9.88 Å². The van der Waals surface area contributed by atoms with Crippen LogP contribution in [0.3, 0.4) is 0 Å². The van der Waals surface area contributed by atoms with Crippen LogP contribution in [0.4, 0.5) is 0 Å². The average molecular weight is 250 g/mol. The molecule has 3 heteroatoms. The van der Waals surface area contributed by atoms with Gasteiger partial charge in [-0.25, -0.2) is 4.98 Å². The van der Waals surface area contributed by atoms with E-state index in [1.54, 1.807) is 0 Å². The third-order valence-electron chi connectivity index (χ3n) is 3.08. The summed E-state index contributed by atoms with van der Waals surface area (Å²) in [6, 6.07) is 4.99. The summed E-state index contributed by atoms with van der Waals surface area (Å²) in [4.78, 5) is 7.00. The normalized spacial score (nSPS) is 22.0. The maximum atomic E-state index is 4.58. The van der Waals surface area contributed by atoms with Gasteiger partial charge in [-0.3, -0.25) is 4.90 Å². The quantitative estimate of drug-likeness (QED) is 0.744. The Morgan fingerprint density at radius 1 is 1.35 bits per heavy atom. The van der Waals surface area contributed by atoms with Crippen LogP contribution in [0.15, 0.2) is 23.4 Å². The molecule has 1 saturated heterocycles. The molecule has 1 fully saturated rings. The Kier molecular flexibility index (Phi) is 3.79. The molecule has 0 aliphatic carbocycles. The summed E-state index contributed by atoms with van der Waals surface area (Å²) in [7, 11) is 2.20. The summed E-state index contributed by atoms with van der Waals surface area (Å²) in [6.45, 7) is 7.87. The van der Waals surface area contributed by atoms with Gasteiger partial charge in [-0.05, 0) is 38.1 Å². The Morgan fingerprint density at radius 2 is 2.12 bits per heavy atom. The standard InChI is InChI=1S/C14H22N2S/c1-14(2,3)17-13-8-7-11(10-15-13)12-6-5-9-16(12)4/h7-8,10,12H,5-6,9H2,1-4H3. The molecular weight excluding hydrogens is 228 g/mol. The number of rotatable bonds is 2. The number of aromatic nitrogens is 1. The van der Waals surface area contributed by atoms with Crippen LogP contribution in [0.1, 0.15) is 45.2 Å². The van der Waals surface area contributed by atoms with Crippen molar-refractivity contribution in [3.05, 3.63) is 23.9 Å². The molecule has 17 heavy (non-hydrogen) atoms. The van der Waals surface area contributed by atoms with E-state index in [0.29, 0.717) is 6.04 Å². The second-order valence-corrected chi connectivity index (χ2v) is 7.63. The molecule has 1 aliphatic rings. The Hall–Kier alpha value is -0.540. The number of thioether (sulfide) groups is 1. The van der Waals surface area contributed by atoms with E-state index in [4.69, 9.17) is 0 Å². The Labute approximate surface area is 109 Å². The molecule has 0 spiro atoms. The van der Waals surface area contributed by atoms with Gasteiger partial charge in [-0.15, -0.1) is 11.8 Å². The maximum Gasteiger partial charge on any atom is 0.0965 e. The number of hydrogen-bond donors (Lipinski definition) is 0. The fourth-order valence-electron chi connectivity index (χ4n) is 2.29. The SMILES string of the molecule is CN1CCCC1c1ccc(SC(C)(C)C)nc1. The lowest BCUT2D eigenvalue weighted by Gasteiger charge is -2.20. The van der Waals surface area contributed by atoms with Crippen molar-refractivity contribution in [2.24, 2.45) is 0 Å². The highest BCUT2D eigenvalue weighted by atomic mass is 32.2. The minimum Gasteiger partial charge on any atom is -0.299 e. The lowest BCUT2D eigenvalue weighted by Crippen LogP contribution is -2.17. The van der Waals surface area contributed by atoms with Crippen LogP contribution in [-0.2, 0) is 0 Å². The van der Waals surface area contributed by atoms with Crippen molar-refractivity contribution in [3.8, 4) is 0 Å². The lowest BCUT2D eigenvalue weighted by atomic mass is 10.1. The third-order valence-corrected chi connectivity index (χ3v) is 4.14. The molecule has 0 saturated carbocycles. The van der Waals surface area contributed by atoms with Crippen molar-refractivity contribution < 1.29 is 0 Å². The smallest absolute Gasteiger partial charge is 0.0965 e. The van der Waals surface area contributed by atoms with E-state index in [2.05, 4.69) is 56.0 Å². The molecule has 94 valence electrons. The number of nitrogens with zero attached hydrogens (tertiary/aromatic N) is 2. The van der Waals surface area contributed by atoms with Gasteiger partial charge in [0, 0.05) is 17.0 Å².